The fourth-order valence-corrected chi connectivity index (χ4v) is 1.95. The largest absolute Gasteiger partial charge is 0.342 e. The first-order chi connectivity index (χ1) is 6.63. The van der Waals surface area contributed by atoms with E-state index in [1.165, 1.54) is 0 Å². The zero-order valence-corrected chi connectivity index (χ0v) is 9.33. The average molecular weight is 198 g/mol. The van der Waals surface area contributed by atoms with Crippen molar-refractivity contribution in [3.63, 3.8) is 0 Å². The van der Waals surface area contributed by atoms with Crippen molar-refractivity contribution in [2.75, 3.05) is 13.1 Å². The molecule has 1 heterocycles. The first-order valence-corrected chi connectivity index (χ1v) is 5.66. The highest BCUT2D eigenvalue weighted by Crippen LogP contribution is 2.20. The maximum absolute atomic E-state index is 11.5. The highest BCUT2D eigenvalue weighted by Gasteiger charge is 2.27. The summed E-state index contributed by atoms with van der Waals surface area (Å²) >= 11 is 0. The molecule has 2 atom stereocenters. The lowest BCUT2D eigenvalue weighted by Crippen LogP contribution is -2.27. The Morgan fingerprint density at radius 1 is 1.64 bits per heavy atom. The maximum atomic E-state index is 11.5. The smallest absolute Gasteiger partial charge is 0.222 e. The first-order valence-electron chi connectivity index (χ1n) is 5.66. The van der Waals surface area contributed by atoms with Crippen LogP contribution in [0.15, 0.2) is 0 Å². The predicted molar refractivity (Wildman–Crippen MR) is 57.9 cm³/mol. The van der Waals surface area contributed by atoms with Gasteiger partial charge in [-0.15, -0.1) is 0 Å². The molecule has 0 aromatic heterocycles. The van der Waals surface area contributed by atoms with Crippen molar-refractivity contribution < 1.29 is 4.79 Å². The molecule has 1 aliphatic rings. The number of carbonyl (C=O) groups is 1. The van der Waals surface area contributed by atoms with Gasteiger partial charge in [0, 0.05) is 25.6 Å². The molecule has 0 bridgehead atoms. The predicted octanol–water partition coefficient (Wildman–Crippen LogP) is 1.37. The quantitative estimate of drug-likeness (QED) is 0.725. The Hall–Kier alpha value is -0.570. The number of rotatable bonds is 5. The van der Waals surface area contributed by atoms with Crippen molar-refractivity contribution in [2.45, 2.75) is 45.6 Å². The van der Waals surface area contributed by atoms with E-state index in [0.29, 0.717) is 11.8 Å². The van der Waals surface area contributed by atoms with E-state index in [1.54, 1.807) is 0 Å². The Balaban J connectivity index is 2.21. The second-order valence-corrected chi connectivity index (χ2v) is 4.44. The van der Waals surface area contributed by atoms with E-state index in [2.05, 4.69) is 6.92 Å². The van der Waals surface area contributed by atoms with E-state index < -0.39 is 0 Å². The lowest BCUT2D eigenvalue weighted by molar-refractivity contribution is -0.127. The minimum atomic E-state index is 0.259. The molecule has 0 radical (unpaired) electrons. The van der Waals surface area contributed by atoms with Crippen LogP contribution in [0, 0.1) is 5.92 Å². The molecule has 3 nitrogen and oxygen atoms in total. The molecule has 0 aromatic rings. The molecule has 1 fully saturated rings. The van der Waals surface area contributed by atoms with E-state index in [9.17, 15) is 4.79 Å². The van der Waals surface area contributed by atoms with E-state index in [1.807, 2.05) is 11.8 Å². The Bertz CT molecular complexity index is 192. The van der Waals surface area contributed by atoms with Crippen LogP contribution in [-0.2, 0) is 4.79 Å². The molecular formula is C11H22N2O. The van der Waals surface area contributed by atoms with Crippen LogP contribution in [0.3, 0.4) is 0 Å². The summed E-state index contributed by atoms with van der Waals surface area (Å²) in [6.45, 7) is 6.04. The van der Waals surface area contributed by atoms with E-state index >= 15 is 0 Å². The molecule has 0 spiro atoms. The number of likely N-dealkylation sites (tertiary alicyclic amines) is 1. The SMILES string of the molecule is CCC1CC(=O)N(CCCC(C)N)C1. The van der Waals surface area contributed by atoms with Crippen molar-refractivity contribution >= 4 is 5.91 Å². The summed E-state index contributed by atoms with van der Waals surface area (Å²) in [4.78, 5) is 13.5. The van der Waals surface area contributed by atoms with Gasteiger partial charge in [0.25, 0.3) is 0 Å². The summed E-state index contributed by atoms with van der Waals surface area (Å²) in [5, 5.41) is 0. The molecule has 1 saturated heterocycles. The summed E-state index contributed by atoms with van der Waals surface area (Å²) in [6.07, 6.45) is 3.94. The van der Waals surface area contributed by atoms with Crippen LogP contribution < -0.4 is 5.73 Å². The van der Waals surface area contributed by atoms with Gasteiger partial charge in [0.05, 0.1) is 0 Å². The number of carbonyl (C=O) groups excluding carboxylic acids is 1. The van der Waals surface area contributed by atoms with Gasteiger partial charge in [-0.05, 0) is 25.7 Å². The third-order valence-corrected chi connectivity index (χ3v) is 2.96. The van der Waals surface area contributed by atoms with Crippen LogP contribution in [0.1, 0.15) is 39.5 Å². The highest BCUT2D eigenvalue weighted by atomic mass is 16.2. The van der Waals surface area contributed by atoms with Crippen LogP contribution in [0.4, 0.5) is 0 Å². The zero-order valence-electron chi connectivity index (χ0n) is 9.33. The van der Waals surface area contributed by atoms with E-state index in [-0.39, 0.29) is 6.04 Å². The maximum Gasteiger partial charge on any atom is 0.222 e. The molecule has 82 valence electrons. The Labute approximate surface area is 86.6 Å². The summed E-state index contributed by atoms with van der Waals surface area (Å²) in [5.74, 6) is 0.930. The highest BCUT2D eigenvalue weighted by molar-refractivity contribution is 5.78. The van der Waals surface area contributed by atoms with Gasteiger partial charge < -0.3 is 10.6 Å². The topological polar surface area (TPSA) is 46.3 Å². The monoisotopic (exact) mass is 198 g/mol. The van der Waals surface area contributed by atoms with Gasteiger partial charge in [-0.3, -0.25) is 4.79 Å². The molecule has 0 aliphatic carbocycles. The summed E-state index contributed by atoms with van der Waals surface area (Å²) in [7, 11) is 0. The van der Waals surface area contributed by atoms with Gasteiger partial charge >= 0.3 is 0 Å². The van der Waals surface area contributed by atoms with Gasteiger partial charge in [-0.1, -0.05) is 13.3 Å². The Morgan fingerprint density at radius 2 is 2.36 bits per heavy atom. The molecule has 2 N–H and O–H groups in total. The number of nitrogens with zero attached hydrogens (tertiary/aromatic N) is 1. The van der Waals surface area contributed by atoms with E-state index in [4.69, 9.17) is 5.73 Å². The third kappa shape index (κ3) is 3.29. The van der Waals surface area contributed by atoms with Crippen molar-refractivity contribution in [1.29, 1.82) is 0 Å². The van der Waals surface area contributed by atoms with Gasteiger partial charge in [-0.2, -0.15) is 0 Å². The van der Waals surface area contributed by atoms with Gasteiger partial charge in [-0.25, -0.2) is 0 Å². The molecule has 2 unspecified atom stereocenters. The molecule has 1 rings (SSSR count). The van der Waals surface area contributed by atoms with Crippen molar-refractivity contribution in [3.8, 4) is 0 Å². The molecule has 14 heavy (non-hydrogen) atoms. The second kappa shape index (κ2) is 5.35. The van der Waals surface area contributed by atoms with Crippen LogP contribution in [-0.4, -0.2) is 29.9 Å². The van der Waals surface area contributed by atoms with Crippen LogP contribution in [0.2, 0.25) is 0 Å². The van der Waals surface area contributed by atoms with E-state index in [0.717, 1.165) is 38.8 Å². The zero-order chi connectivity index (χ0) is 10.6. The molecule has 1 amide bonds. The fraction of sp³-hybridized carbons (Fsp3) is 0.909. The van der Waals surface area contributed by atoms with Crippen molar-refractivity contribution in [3.05, 3.63) is 0 Å². The lowest BCUT2D eigenvalue weighted by atomic mass is 10.1. The summed E-state index contributed by atoms with van der Waals surface area (Å²) < 4.78 is 0. The van der Waals surface area contributed by atoms with Gasteiger partial charge in [0.15, 0.2) is 0 Å². The van der Waals surface area contributed by atoms with Crippen LogP contribution in [0.25, 0.3) is 0 Å². The van der Waals surface area contributed by atoms with Crippen molar-refractivity contribution in [2.24, 2.45) is 11.7 Å². The fourth-order valence-electron chi connectivity index (χ4n) is 1.95. The normalized spacial score (nSPS) is 24.4. The summed E-state index contributed by atoms with van der Waals surface area (Å²) in [6, 6.07) is 0.259. The Kier molecular flexibility index (Phi) is 4.39. The van der Waals surface area contributed by atoms with Gasteiger partial charge in [0.2, 0.25) is 5.91 Å². The average Bonchev–Trinajstić information content (AvgIpc) is 2.47. The molecular weight excluding hydrogens is 176 g/mol. The standard InChI is InChI=1S/C11H22N2O/c1-3-10-7-11(14)13(8-10)6-4-5-9(2)12/h9-10H,3-8,12H2,1-2H3. The summed E-state index contributed by atoms with van der Waals surface area (Å²) in [5.41, 5.74) is 5.66. The second-order valence-electron chi connectivity index (χ2n) is 4.44. The third-order valence-electron chi connectivity index (χ3n) is 2.96. The molecule has 0 saturated carbocycles. The molecule has 0 aromatic carbocycles. The number of amides is 1. The first kappa shape index (κ1) is 11.5. The number of nitrogens with two attached hydrogens (primary N) is 1. The Morgan fingerprint density at radius 3 is 2.86 bits per heavy atom. The van der Waals surface area contributed by atoms with Gasteiger partial charge in [0.1, 0.15) is 0 Å². The molecule has 1 aliphatic heterocycles. The lowest BCUT2D eigenvalue weighted by Gasteiger charge is -2.16. The number of hydrogen-bond acceptors (Lipinski definition) is 2. The molecule has 3 heteroatoms. The minimum absolute atomic E-state index is 0.259. The van der Waals surface area contributed by atoms with Crippen LogP contribution in [0.5, 0.6) is 0 Å². The van der Waals surface area contributed by atoms with Crippen LogP contribution >= 0.6 is 0 Å². The number of hydrogen-bond donors (Lipinski definition) is 1. The minimum Gasteiger partial charge on any atom is -0.342 e. The van der Waals surface area contributed by atoms with Crippen molar-refractivity contribution in [1.82, 2.24) is 4.90 Å².